The Morgan fingerprint density at radius 3 is 1.43 bits per heavy atom. The van der Waals surface area contributed by atoms with Gasteiger partial charge < -0.3 is 20.1 Å². The maximum atomic E-state index is 12.8. The highest BCUT2D eigenvalue weighted by Gasteiger charge is 2.21. The summed E-state index contributed by atoms with van der Waals surface area (Å²) >= 11 is 0. The second-order valence-electron chi connectivity index (χ2n) is 12.2. The molecule has 2 N–H and O–H groups in total. The molecule has 4 aliphatic rings. The Morgan fingerprint density at radius 1 is 0.609 bits per heavy atom. The van der Waals surface area contributed by atoms with Crippen LogP contribution in [0.2, 0.25) is 0 Å². The molecular weight excluding hydrogens is 580 g/mol. The van der Waals surface area contributed by atoms with Crippen LogP contribution < -0.4 is 10.6 Å². The van der Waals surface area contributed by atoms with Gasteiger partial charge in [0.05, 0.1) is 49.2 Å². The standard InChI is InChI=1S/C36H40N6O4/c43-35(37-9-11-41-13-17-45-18-14-41)27-5-7-31-29(21-27)23-33(39-31)25-1-2-26(4-3-25)34-24-30-22-28(6-8-32(30)40-34)36(44)38-10-12-42-15-19-46-20-16-42/h1-8,21-22H,9-20,23-24H2,(H,37,43)(H,38,44). The minimum Gasteiger partial charge on any atom is -0.379 e. The summed E-state index contributed by atoms with van der Waals surface area (Å²) in [6, 6.07) is 19.9. The van der Waals surface area contributed by atoms with Gasteiger partial charge >= 0.3 is 0 Å². The molecule has 0 radical (unpaired) electrons. The van der Waals surface area contributed by atoms with Crippen LogP contribution in [0.4, 0.5) is 11.4 Å². The summed E-state index contributed by atoms with van der Waals surface area (Å²) in [7, 11) is 0. The summed E-state index contributed by atoms with van der Waals surface area (Å²) in [5.74, 6) is -0.104. The summed E-state index contributed by atoms with van der Waals surface area (Å²) in [4.78, 5) is 40.0. The summed E-state index contributed by atoms with van der Waals surface area (Å²) in [5, 5.41) is 6.11. The number of nitrogens with zero attached hydrogens (tertiary/aromatic N) is 4. The van der Waals surface area contributed by atoms with Crippen molar-refractivity contribution in [3.63, 3.8) is 0 Å². The lowest BCUT2D eigenvalue weighted by Gasteiger charge is -2.26. The predicted octanol–water partition coefficient (Wildman–Crippen LogP) is 3.16. The highest BCUT2D eigenvalue weighted by molar-refractivity contribution is 6.10. The Morgan fingerprint density at radius 2 is 1.02 bits per heavy atom. The van der Waals surface area contributed by atoms with E-state index in [0.29, 0.717) is 37.1 Å². The maximum absolute atomic E-state index is 12.8. The Labute approximate surface area is 269 Å². The van der Waals surface area contributed by atoms with Crippen LogP contribution in [0.3, 0.4) is 0 Å². The van der Waals surface area contributed by atoms with Gasteiger partial charge in [0.1, 0.15) is 0 Å². The second kappa shape index (κ2) is 14.0. The molecule has 10 heteroatoms. The molecule has 0 spiro atoms. The number of hydrogen-bond acceptors (Lipinski definition) is 8. The molecule has 238 valence electrons. The number of fused-ring (bicyclic) bond motifs is 2. The molecule has 4 aliphatic heterocycles. The molecule has 0 atom stereocenters. The van der Waals surface area contributed by atoms with E-state index in [1.165, 1.54) is 0 Å². The van der Waals surface area contributed by atoms with Gasteiger partial charge in [-0.15, -0.1) is 0 Å². The van der Waals surface area contributed by atoms with Crippen molar-refractivity contribution in [1.29, 1.82) is 0 Å². The Hall–Kier alpha value is -4.22. The number of aliphatic imine (C=N–C) groups is 2. The fourth-order valence-electron chi connectivity index (χ4n) is 6.38. The summed E-state index contributed by atoms with van der Waals surface area (Å²) < 4.78 is 10.8. The van der Waals surface area contributed by atoms with Crippen molar-refractivity contribution in [3.8, 4) is 0 Å². The number of hydrogen-bond donors (Lipinski definition) is 2. The van der Waals surface area contributed by atoms with Crippen molar-refractivity contribution in [2.45, 2.75) is 12.8 Å². The lowest BCUT2D eigenvalue weighted by atomic mass is 9.98. The first-order valence-electron chi connectivity index (χ1n) is 16.3. The highest BCUT2D eigenvalue weighted by atomic mass is 16.5. The second-order valence-corrected chi connectivity index (χ2v) is 12.2. The van der Waals surface area contributed by atoms with Crippen molar-refractivity contribution in [2.24, 2.45) is 9.98 Å². The molecule has 3 aromatic rings. The number of carbonyl (C=O) groups excluding carboxylic acids is 2. The molecule has 0 saturated carbocycles. The summed E-state index contributed by atoms with van der Waals surface area (Å²) in [6.07, 6.45) is 1.38. The molecule has 2 saturated heterocycles. The van der Waals surface area contributed by atoms with Gasteiger partial charge in [-0.05, 0) is 58.7 Å². The van der Waals surface area contributed by atoms with Gasteiger partial charge in [-0.25, -0.2) is 0 Å². The van der Waals surface area contributed by atoms with Crippen LogP contribution in [0, 0.1) is 0 Å². The monoisotopic (exact) mass is 620 g/mol. The van der Waals surface area contributed by atoms with Crippen molar-refractivity contribution in [1.82, 2.24) is 20.4 Å². The van der Waals surface area contributed by atoms with Crippen LogP contribution in [0.15, 0.2) is 70.6 Å². The normalized spacial score (nSPS) is 18.0. The number of amides is 2. The third-order valence-electron chi connectivity index (χ3n) is 9.10. The van der Waals surface area contributed by atoms with E-state index in [1.807, 2.05) is 36.4 Å². The van der Waals surface area contributed by atoms with Crippen molar-refractivity contribution in [2.75, 3.05) is 78.8 Å². The molecule has 2 fully saturated rings. The minimum atomic E-state index is -0.0521. The smallest absolute Gasteiger partial charge is 0.251 e. The number of benzene rings is 3. The molecule has 46 heavy (non-hydrogen) atoms. The van der Waals surface area contributed by atoms with Crippen LogP contribution in [-0.2, 0) is 22.3 Å². The van der Waals surface area contributed by atoms with E-state index in [1.54, 1.807) is 0 Å². The fourth-order valence-corrected chi connectivity index (χ4v) is 6.38. The van der Waals surface area contributed by atoms with E-state index >= 15 is 0 Å². The molecule has 0 aliphatic carbocycles. The molecule has 2 amide bonds. The van der Waals surface area contributed by atoms with Crippen molar-refractivity contribution >= 4 is 34.6 Å². The third kappa shape index (κ3) is 7.10. The van der Waals surface area contributed by atoms with Crippen LogP contribution >= 0.6 is 0 Å². The molecule has 7 rings (SSSR count). The molecule has 0 bridgehead atoms. The van der Waals surface area contributed by atoms with Crippen molar-refractivity contribution in [3.05, 3.63) is 94.0 Å². The quantitative estimate of drug-likeness (QED) is 0.361. The van der Waals surface area contributed by atoms with Gasteiger partial charge in [0.2, 0.25) is 0 Å². The molecule has 0 aromatic heterocycles. The van der Waals surface area contributed by atoms with Gasteiger partial charge in [0.15, 0.2) is 0 Å². The van der Waals surface area contributed by atoms with Crippen LogP contribution in [0.1, 0.15) is 43.0 Å². The predicted molar refractivity (Wildman–Crippen MR) is 178 cm³/mol. The fraction of sp³-hybridized carbons (Fsp3) is 0.389. The first-order chi connectivity index (χ1) is 22.6. The Balaban J connectivity index is 0.914. The Bertz CT molecular complexity index is 1530. The number of rotatable bonds is 10. The van der Waals surface area contributed by atoms with Gasteiger partial charge in [-0.1, -0.05) is 24.3 Å². The summed E-state index contributed by atoms with van der Waals surface area (Å²) in [6.45, 7) is 9.56. The molecule has 0 unspecified atom stereocenters. The number of nitrogens with one attached hydrogen (secondary N) is 2. The van der Waals surface area contributed by atoms with Gasteiger partial charge in [-0.2, -0.15) is 0 Å². The lowest BCUT2D eigenvalue weighted by molar-refractivity contribution is 0.0382. The van der Waals surface area contributed by atoms with E-state index < -0.39 is 0 Å². The maximum Gasteiger partial charge on any atom is 0.251 e. The average molecular weight is 621 g/mol. The molecule has 10 nitrogen and oxygen atoms in total. The number of morpholine rings is 2. The number of carbonyl (C=O) groups is 2. The van der Waals surface area contributed by atoms with Crippen LogP contribution in [-0.4, -0.2) is 112 Å². The van der Waals surface area contributed by atoms with Gasteiger partial charge in [0, 0.05) is 76.3 Å². The van der Waals surface area contributed by atoms with Gasteiger partial charge in [0.25, 0.3) is 11.8 Å². The highest BCUT2D eigenvalue weighted by Crippen LogP contribution is 2.32. The summed E-state index contributed by atoms with van der Waals surface area (Å²) in [5.41, 5.74) is 9.40. The largest absolute Gasteiger partial charge is 0.379 e. The van der Waals surface area contributed by atoms with Gasteiger partial charge in [-0.3, -0.25) is 29.4 Å². The Kier molecular flexibility index (Phi) is 9.29. The zero-order chi connectivity index (χ0) is 31.3. The van der Waals surface area contributed by atoms with E-state index in [2.05, 4.69) is 44.7 Å². The van der Waals surface area contributed by atoms with E-state index in [0.717, 1.165) is 111 Å². The first-order valence-corrected chi connectivity index (χ1v) is 16.3. The lowest BCUT2D eigenvalue weighted by Crippen LogP contribution is -2.41. The van der Waals surface area contributed by atoms with E-state index in [-0.39, 0.29) is 11.8 Å². The third-order valence-corrected chi connectivity index (χ3v) is 9.10. The van der Waals surface area contributed by atoms with Crippen molar-refractivity contribution < 1.29 is 19.1 Å². The molecule has 4 heterocycles. The topological polar surface area (TPSA) is 108 Å². The van der Waals surface area contributed by atoms with E-state index in [4.69, 9.17) is 19.5 Å². The molecular formula is C36H40N6O4. The molecule has 3 aromatic carbocycles. The van der Waals surface area contributed by atoms with Crippen LogP contribution in [0.25, 0.3) is 0 Å². The average Bonchev–Trinajstić information content (AvgIpc) is 3.73. The minimum absolute atomic E-state index is 0.0521. The zero-order valence-corrected chi connectivity index (χ0v) is 26.1. The zero-order valence-electron chi connectivity index (χ0n) is 26.1. The SMILES string of the molecule is O=C(NCCN1CCOCC1)c1ccc2c(c1)CC(c1ccc(C3=Nc4ccc(C(=O)NCCN5CCOCC5)cc4C3)cc1)=N2. The number of ether oxygens (including phenoxy) is 2. The van der Waals surface area contributed by atoms with Crippen LogP contribution in [0.5, 0.6) is 0 Å². The van der Waals surface area contributed by atoms with E-state index in [9.17, 15) is 9.59 Å². The first kappa shape index (κ1) is 30.4.